The van der Waals surface area contributed by atoms with Crippen LogP contribution in [0.2, 0.25) is 0 Å². The van der Waals surface area contributed by atoms with Crippen LogP contribution < -0.4 is 5.32 Å². The van der Waals surface area contributed by atoms with Crippen LogP contribution in [0.3, 0.4) is 0 Å². The van der Waals surface area contributed by atoms with Gasteiger partial charge in [0.25, 0.3) is 0 Å². The maximum atomic E-state index is 13.5. The molecule has 1 aromatic carbocycles. The zero-order valence-corrected chi connectivity index (χ0v) is 13.3. The number of amides is 1. The van der Waals surface area contributed by atoms with Crippen molar-refractivity contribution in [1.29, 1.82) is 0 Å². The lowest BCUT2D eigenvalue weighted by Crippen LogP contribution is -2.25. The average molecular weight is 330 g/mol. The largest absolute Gasteiger partial charge is 0.459 e. The zero-order chi connectivity index (χ0) is 16.2. The summed E-state index contributed by atoms with van der Waals surface area (Å²) < 4.78 is 19.0. The Labute approximate surface area is 137 Å². The summed E-state index contributed by atoms with van der Waals surface area (Å²) in [5, 5.41) is 5.28. The van der Waals surface area contributed by atoms with Gasteiger partial charge in [-0.05, 0) is 25.1 Å². The van der Waals surface area contributed by atoms with E-state index in [4.69, 9.17) is 4.42 Å². The lowest BCUT2D eigenvalue weighted by molar-refractivity contribution is -0.120. The van der Waals surface area contributed by atoms with Crippen molar-refractivity contribution >= 4 is 17.2 Å². The van der Waals surface area contributed by atoms with Crippen LogP contribution in [0.4, 0.5) is 4.39 Å². The summed E-state index contributed by atoms with van der Waals surface area (Å²) >= 11 is 1.43. The second-order valence-corrected chi connectivity index (χ2v) is 5.96. The molecular formula is C17H15FN2O2S. The molecule has 1 amide bonds. The number of carbonyl (C=O) groups excluding carboxylic acids is 1. The standard InChI is InChI=1S/C17H15FN2O2S/c1-11-6-7-15(22-11)17-20-13(10-23-17)8-16(21)19-9-12-4-2-3-5-14(12)18/h2-7,10H,8-9H2,1H3,(H,19,21). The Morgan fingerprint density at radius 3 is 2.87 bits per heavy atom. The molecule has 0 atom stereocenters. The van der Waals surface area contributed by atoms with Gasteiger partial charge in [-0.2, -0.15) is 0 Å². The fourth-order valence-corrected chi connectivity index (χ4v) is 2.89. The van der Waals surface area contributed by atoms with Crippen molar-refractivity contribution in [2.24, 2.45) is 0 Å². The van der Waals surface area contributed by atoms with E-state index in [0.29, 0.717) is 17.0 Å². The van der Waals surface area contributed by atoms with E-state index in [9.17, 15) is 9.18 Å². The molecule has 2 heterocycles. The highest BCUT2D eigenvalue weighted by molar-refractivity contribution is 7.13. The molecule has 0 radical (unpaired) electrons. The SMILES string of the molecule is Cc1ccc(-c2nc(CC(=O)NCc3ccccc3F)cs2)o1. The number of furan rings is 1. The first kappa shape index (κ1) is 15.4. The van der Waals surface area contributed by atoms with Gasteiger partial charge in [-0.1, -0.05) is 18.2 Å². The summed E-state index contributed by atoms with van der Waals surface area (Å²) in [6.07, 6.45) is 0.157. The smallest absolute Gasteiger partial charge is 0.226 e. The molecule has 0 saturated heterocycles. The minimum atomic E-state index is -0.322. The molecule has 2 aromatic heterocycles. The Balaban J connectivity index is 1.58. The van der Waals surface area contributed by atoms with Crippen molar-refractivity contribution in [2.45, 2.75) is 19.9 Å². The monoisotopic (exact) mass is 330 g/mol. The number of hydrogen-bond acceptors (Lipinski definition) is 4. The van der Waals surface area contributed by atoms with Gasteiger partial charge in [0.1, 0.15) is 11.6 Å². The Kier molecular flexibility index (Phi) is 4.52. The van der Waals surface area contributed by atoms with Gasteiger partial charge < -0.3 is 9.73 Å². The number of aromatic nitrogens is 1. The van der Waals surface area contributed by atoms with Crippen LogP contribution in [0.5, 0.6) is 0 Å². The molecule has 3 aromatic rings. The van der Waals surface area contributed by atoms with Gasteiger partial charge in [0.15, 0.2) is 10.8 Å². The first-order valence-electron chi connectivity index (χ1n) is 7.13. The van der Waals surface area contributed by atoms with Gasteiger partial charge in [0.2, 0.25) is 5.91 Å². The van der Waals surface area contributed by atoms with Crippen molar-refractivity contribution < 1.29 is 13.6 Å². The van der Waals surface area contributed by atoms with Crippen molar-refractivity contribution in [3.8, 4) is 10.8 Å². The Morgan fingerprint density at radius 1 is 1.30 bits per heavy atom. The van der Waals surface area contributed by atoms with Gasteiger partial charge >= 0.3 is 0 Å². The zero-order valence-electron chi connectivity index (χ0n) is 12.5. The molecule has 4 nitrogen and oxygen atoms in total. The summed E-state index contributed by atoms with van der Waals surface area (Å²) in [4.78, 5) is 16.4. The number of rotatable bonds is 5. The van der Waals surface area contributed by atoms with Crippen LogP contribution in [-0.2, 0) is 17.8 Å². The Morgan fingerprint density at radius 2 is 2.13 bits per heavy atom. The Bertz CT molecular complexity index is 825. The summed E-state index contributed by atoms with van der Waals surface area (Å²) in [5.74, 6) is 1.00. The first-order valence-corrected chi connectivity index (χ1v) is 8.01. The summed E-state index contributed by atoms with van der Waals surface area (Å²) in [6.45, 7) is 2.04. The molecule has 118 valence electrons. The minimum absolute atomic E-state index is 0.157. The van der Waals surface area contributed by atoms with Crippen LogP contribution >= 0.6 is 11.3 Å². The molecule has 0 fully saturated rings. The van der Waals surface area contributed by atoms with E-state index >= 15 is 0 Å². The lowest BCUT2D eigenvalue weighted by atomic mass is 10.2. The molecule has 0 bridgehead atoms. The summed E-state index contributed by atoms with van der Waals surface area (Å²) in [6, 6.07) is 10.1. The van der Waals surface area contributed by atoms with Crippen LogP contribution in [0.25, 0.3) is 10.8 Å². The molecule has 6 heteroatoms. The molecule has 1 N–H and O–H groups in total. The first-order chi connectivity index (χ1) is 11.1. The highest BCUT2D eigenvalue weighted by Crippen LogP contribution is 2.25. The minimum Gasteiger partial charge on any atom is -0.459 e. The van der Waals surface area contributed by atoms with Gasteiger partial charge in [-0.25, -0.2) is 9.37 Å². The molecule has 23 heavy (non-hydrogen) atoms. The molecule has 0 aliphatic rings. The fraction of sp³-hybridized carbons (Fsp3) is 0.176. The van der Waals surface area contributed by atoms with Crippen LogP contribution in [0, 0.1) is 12.7 Å². The van der Waals surface area contributed by atoms with E-state index in [1.54, 1.807) is 18.2 Å². The van der Waals surface area contributed by atoms with Crippen molar-refractivity contribution in [2.75, 3.05) is 0 Å². The van der Waals surface area contributed by atoms with Gasteiger partial charge in [-0.3, -0.25) is 4.79 Å². The number of thiazole rings is 1. The van der Waals surface area contributed by atoms with Crippen LogP contribution in [0.15, 0.2) is 46.2 Å². The number of nitrogens with one attached hydrogen (secondary N) is 1. The Hall–Kier alpha value is -2.47. The van der Waals surface area contributed by atoms with Gasteiger partial charge in [-0.15, -0.1) is 11.3 Å². The number of benzene rings is 1. The number of halogens is 1. The third kappa shape index (κ3) is 3.84. The second kappa shape index (κ2) is 6.75. The van der Waals surface area contributed by atoms with Crippen LogP contribution in [-0.4, -0.2) is 10.9 Å². The molecule has 3 rings (SSSR count). The van der Waals surface area contributed by atoms with E-state index in [2.05, 4.69) is 10.3 Å². The van der Waals surface area contributed by atoms with Crippen LogP contribution in [0.1, 0.15) is 17.0 Å². The predicted octanol–water partition coefficient (Wildman–Crippen LogP) is 3.71. The maximum absolute atomic E-state index is 13.5. The van der Waals surface area contributed by atoms with E-state index in [-0.39, 0.29) is 24.7 Å². The number of aryl methyl sites for hydroxylation is 1. The fourth-order valence-electron chi connectivity index (χ4n) is 2.11. The third-order valence-corrected chi connectivity index (χ3v) is 4.18. The third-order valence-electron chi connectivity index (χ3n) is 3.28. The number of hydrogen-bond donors (Lipinski definition) is 1. The van der Waals surface area contributed by atoms with Crippen molar-refractivity contribution in [1.82, 2.24) is 10.3 Å². The van der Waals surface area contributed by atoms with Gasteiger partial charge in [0.05, 0.1) is 12.1 Å². The quantitative estimate of drug-likeness (QED) is 0.776. The predicted molar refractivity (Wildman–Crippen MR) is 86.5 cm³/mol. The van der Waals surface area contributed by atoms with Crippen molar-refractivity contribution in [3.63, 3.8) is 0 Å². The number of carbonyl (C=O) groups is 1. The summed E-state index contributed by atoms with van der Waals surface area (Å²) in [7, 11) is 0. The molecule has 0 unspecified atom stereocenters. The number of nitrogens with zero attached hydrogens (tertiary/aromatic N) is 1. The molecule has 0 aliphatic heterocycles. The highest BCUT2D eigenvalue weighted by atomic mass is 32.1. The van der Waals surface area contributed by atoms with Gasteiger partial charge in [0, 0.05) is 17.5 Å². The topological polar surface area (TPSA) is 55.1 Å². The average Bonchev–Trinajstić information content (AvgIpc) is 3.15. The van der Waals surface area contributed by atoms with E-state index in [1.807, 2.05) is 24.4 Å². The second-order valence-electron chi connectivity index (χ2n) is 5.10. The maximum Gasteiger partial charge on any atom is 0.226 e. The van der Waals surface area contributed by atoms with Crippen molar-refractivity contribution in [3.05, 3.63) is 64.6 Å². The summed E-state index contributed by atoms with van der Waals surface area (Å²) in [5.41, 5.74) is 1.14. The normalized spacial score (nSPS) is 10.7. The molecule has 0 spiro atoms. The van der Waals surface area contributed by atoms with E-state index in [0.717, 1.165) is 10.8 Å². The highest BCUT2D eigenvalue weighted by Gasteiger charge is 2.11. The lowest BCUT2D eigenvalue weighted by Gasteiger charge is -2.05. The van der Waals surface area contributed by atoms with E-state index in [1.165, 1.54) is 17.4 Å². The molecule has 0 saturated carbocycles. The molecular weight excluding hydrogens is 315 g/mol. The van der Waals surface area contributed by atoms with E-state index < -0.39 is 0 Å². The molecule has 0 aliphatic carbocycles.